The van der Waals surface area contributed by atoms with Crippen LogP contribution in [-0.2, 0) is 21.5 Å². The fraction of sp³-hybridized carbons (Fsp3) is 0.184. The largest absolute Gasteiger partial charge is 0.463 e. The number of ether oxygens (including phenoxy) is 1. The molecule has 0 amide bonds. The van der Waals surface area contributed by atoms with Crippen molar-refractivity contribution in [2.45, 2.75) is 44.7 Å². The fourth-order valence-electron chi connectivity index (χ4n) is 7.95. The van der Waals surface area contributed by atoms with Crippen LogP contribution < -0.4 is 5.43 Å². The molecule has 57 heavy (non-hydrogen) atoms. The average molecular weight is 751 g/mol. The number of aromatic nitrogens is 4. The quantitative estimate of drug-likeness (QED) is 0.0876. The van der Waals surface area contributed by atoms with E-state index in [1.807, 2.05) is 67.6 Å². The number of hydrogen-bond acceptors (Lipinski definition) is 7. The van der Waals surface area contributed by atoms with Gasteiger partial charge in [0.2, 0.25) is 5.82 Å². The van der Waals surface area contributed by atoms with Crippen LogP contribution in [0, 0.1) is 0 Å². The number of tetrazole rings is 1. The minimum Gasteiger partial charge on any atom is -0.463 e. The Bertz CT molecular complexity index is 2330. The predicted octanol–water partition coefficient (Wildman–Crippen LogP) is 9.35. The van der Waals surface area contributed by atoms with Crippen LogP contribution >= 0.6 is 0 Å². The summed E-state index contributed by atoms with van der Waals surface area (Å²) in [6.07, 6.45) is 2.68. The first kappa shape index (κ1) is 37.3. The molecule has 8 rings (SSSR count). The summed E-state index contributed by atoms with van der Waals surface area (Å²) in [5.74, 6) is 0.248. The van der Waals surface area contributed by atoms with Crippen LogP contribution in [0.1, 0.15) is 54.5 Å². The molecule has 0 fully saturated rings. The SMILES string of the molecule is CCCCN1NC(c2ccccc2)=C(C(=O)OCC)C1Cc1ccc(-c2ccccc2-c2nnn(C(c3ccccc3)(c3ccccc3)c3ccccc3)n2)cc1. The zero-order valence-corrected chi connectivity index (χ0v) is 32.3. The van der Waals surface area contributed by atoms with Crippen LogP contribution in [0.5, 0.6) is 0 Å². The summed E-state index contributed by atoms with van der Waals surface area (Å²) in [6, 6.07) is 57.8. The summed E-state index contributed by atoms with van der Waals surface area (Å²) in [7, 11) is 0. The summed E-state index contributed by atoms with van der Waals surface area (Å²) in [5, 5.41) is 16.9. The molecule has 2 heterocycles. The van der Waals surface area contributed by atoms with Gasteiger partial charge in [0.1, 0.15) is 0 Å². The van der Waals surface area contributed by atoms with E-state index < -0.39 is 5.54 Å². The molecule has 0 saturated heterocycles. The normalized spacial score (nSPS) is 14.4. The standard InChI is InChI=1S/C49H46N6O2/c1-3-5-34-54-44(45(48(56)57-4-2)46(51-54)38-20-10-6-11-21-38)35-36-30-32-37(33-31-36)42-28-18-19-29-43(42)47-50-53-55(52-47)49(39-22-12-7-13-23-39,40-24-14-8-15-25-40)41-26-16-9-17-27-41/h6-33,44,51H,3-5,34-35H2,1-2H3. The van der Waals surface area contributed by atoms with Crippen LogP contribution in [0.15, 0.2) is 175 Å². The molecule has 1 aromatic heterocycles. The molecular weight excluding hydrogens is 705 g/mol. The van der Waals surface area contributed by atoms with Crippen LogP contribution in [-0.4, -0.2) is 50.4 Å². The second-order valence-electron chi connectivity index (χ2n) is 14.2. The molecule has 1 N–H and O–H groups in total. The third-order valence-electron chi connectivity index (χ3n) is 10.7. The molecule has 8 nitrogen and oxygen atoms in total. The van der Waals surface area contributed by atoms with Crippen molar-refractivity contribution in [1.82, 2.24) is 30.6 Å². The minimum atomic E-state index is -0.872. The van der Waals surface area contributed by atoms with Crippen molar-refractivity contribution in [3.05, 3.63) is 203 Å². The van der Waals surface area contributed by atoms with E-state index >= 15 is 0 Å². The van der Waals surface area contributed by atoms with E-state index in [1.165, 1.54) is 0 Å². The Hall–Kier alpha value is -6.64. The van der Waals surface area contributed by atoms with Crippen molar-refractivity contribution >= 4 is 11.7 Å². The molecule has 1 aliphatic rings. The van der Waals surface area contributed by atoms with Gasteiger partial charge in [-0.1, -0.05) is 183 Å². The molecule has 7 aromatic rings. The summed E-state index contributed by atoms with van der Waals surface area (Å²) in [5.41, 5.74) is 12.3. The molecule has 6 aromatic carbocycles. The second-order valence-corrected chi connectivity index (χ2v) is 14.2. The number of nitrogens with one attached hydrogen (secondary N) is 1. The monoisotopic (exact) mass is 750 g/mol. The Morgan fingerprint density at radius 1 is 0.667 bits per heavy atom. The van der Waals surface area contributed by atoms with Crippen molar-refractivity contribution in [2.75, 3.05) is 13.2 Å². The predicted molar refractivity (Wildman–Crippen MR) is 226 cm³/mol. The summed E-state index contributed by atoms with van der Waals surface area (Å²) >= 11 is 0. The van der Waals surface area contributed by atoms with Crippen molar-refractivity contribution in [1.29, 1.82) is 0 Å². The number of esters is 1. The third-order valence-corrected chi connectivity index (χ3v) is 10.7. The van der Waals surface area contributed by atoms with Gasteiger partial charge in [-0.25, -0.2) is 9.80 Å². The van der Waals surface area contributed by atoms with E-state index in [-0.39, 0.29) is 12.0 Å². The van der Waals surface area contributed by atoms with E-state index in [2.05, 4.69) is 127 Å². The maximum absolute atomic E-state index is 13.6. The lowest BCUT2D eigenvalue weighted by molar-refractivity contribution is -0.139. The molecule has 284 valence electrons. The van der Waals surface area contributed by atoms with Gasteiger partial charge in [-0.05, 0) is 63.9 Å². The van der Waals surface area contributed by atoms with Crippen LogP contribution in [0.25, 0.3) is 28.2 Å². The molecule has 1 aliphatic heterocycles. The molecule has 0 saturated carbocycles. The highest BCUT2D eigenvalue weighted by Gasteiger charge is 2.41. The Labute approximate surface area is 334 Å². The van der Waals surface area contributed by atoms with Gasteiger partial charge in [-0.15, -0.1) is 15.0 Å². The van der Waals surface area contributed by atoms with Gasteiger partial charge in [0.25, 0.3) is 0 Å². The number of benzene rings is 6. The molecular formula is C49H46N6O2. The topological polar surface area (TPSA) is 85.2 Å². The maximum atomic E-state index is 13.6. The number of rotatable bonds is 14. The zero-order chi connectivity index (χ0) is 39.0. The van der Waals surface area contributed by atoms with Crippen LogP contribution in [0.3, 0.4) is 0 Å². The third kappa shape index (κ3) is 7.39. The Kier molecular flexibility index (Phi) is 11.1. The van der Waals surface area contributed by atoms with Crippen molar-refractivity contribution in [2.24, 2.45) is 0 Å². The lowest BCUT2D eigenvalue weighted by atomic mass is 9.77. The van der Waals surface area contributed by atoms with Gasteiger partial charge in [0, 0.05) is 12.1 Å². The molecule has 1 atom stereocenters. The first-order valence-corrected chi connectivity index (χ1v) is 19.8. The van der Waals surface area contributed by atoms with Gasteiger partial charge < -0.3 is 10.2 Å². The molecule has 1 unspecified atom stereocenters. The average Bonchev–Trinajstić information content (AvgIpc) is 3.91. The highest BCUT2D eigenvalue weighted by Crippen LogP contribution is 2.41. The van der Waals surface area contributed by atoms with Crippen molar-refractivity contribution < 1.29 is 9.53 Å². The molecule has 0 bridgehead atoms. The number of hydrazine groups is 1. The maximum Gasteiger partial charge on any atom is 0.337 e. The van der Waals surface area contributed by atoms with Crippen molar-refractivity contribution in [3.63, 3.8) is 0 Å². The Balaban J connectivity index is 1.15. The minimum absolute atomic E-state index is 0.192. The highest BCUT2D eigenvalue weighted by atomic mass is 16.5. The van der Waals surface area contributed by atoms with Gasteiger partial charge >= 0.3 is 5.97 Å². The van der Waals surface area contributed by atoms with E-state index in [1.54, 1.807) is 4.80 Å². The van der Waals surface area contributed by atoms with Crippen LogP contribution in [0.2, 0.25) is 0 Å². The van der Waals surface area contributed by atoms with Gasteiger partial charge in [0.15, 0.2) is 5.54 Å². The molecule has 8 heteroatoms. The van der Waals surface area contributed by atoms with E-state index in [9.17, 15) is 4.79 Å². The molecule has 0 aliphatic carbocycles. The van der Waals surface area contributed by atoms with E-state index in [0.717, 1.165) is 69.6 Å². The Morgan fingerprint density at radius 2 is 1.21 bits per heavy atom. The summed E-state index contributed by atoms with van der Waals surface area (Å²) in [4.78, 5) is 15.4. The number of nitrogens with zero attached hydrogens (tertiary/aromatic N) is 5. The van der Waals surface area contributed by atoms with Gasteiger partial charge in [-0.2, -0.15) is 0 Å². The van der Waals surface area contributed by atoms with E-state index in [0.29, 0.717) is 24.4 Å². The van der Waals surface area contributed by atoms with Crippen LogP contribution in [0.4, 0.5) is 0 Å². The first-order chi connectivity index (χ1) is 28.1. The van der Waals surface area contributed by atoms with E-state index in [4.69, 9.17) is 20.1 Å². The highest BCUT2D eigenvalue weighted by molar-refractivity contribution is 5.99. The smallest absolute Gasteiger partial charge is 0.337 e. The number of carbonyl (C=O) groups excluding carboxylic acids is 1. The lowest BCUT2D eigenvalue weighted by Crippen LogP contribution is -2.42. The molecule has 0 spiro atoms. The number of carbonyl (C=O) groups is 1. The summed E-state index contributed by atoms with van der Waals surface area (Å²) < 4.78 is 5.65. The van der Waals surface area contributed by atoms with Crippen molar-refractivity contribution in [3.8, 4) is 22.5 Å². The lowest BCUT2D eigenvalue weighted by Gasteiger charge is -2.34. The second kappa shape index (κ2) is 17.0. The van der Waals surface area contributed by atoms with Gasteiger partial charge in [0.05, 0.1) is 23.9 Å². The number of hydrogen-bond donors (Lipinski definition) is 1. The zero-order valence-electron chi connectivity index (χ0n) is 32.3. The fourth-order valence-corrected chi connectivity index (χ4v) is 7.95. The first-order valence-electron chi connectivity index (χ1n) is 19.8. The Morgan fingerprint density at radius 3 is 1.77 bits per heavy atom. The summed E-state index contributed by atoms with van der Waals surface area (Å²) in [6.45, 7) is 5.15. The number of unbranched alkanes of at least 4 members (excludes halogenated alkanes) is 1. The molecule has 0 radical (unpaired) electrons. The van der Waals surface area contributed by atoms with Gasteiger partial charge in [-0.3, -0.25) is 0 Å².